The van der Waals surface area contributed by atoms with Crippen LogP contribution in [-0.4, -0.2) is 40.5 Å². The topological polar surface area (TPSA) is 90.5 Å². The predicted molar refractivity (Wildman–Crippen MR) is 114 cm³/mol. The van der Waals surface area contributed by atoms with Gasteiger partial charge in [0.15, 0.2) is 5.82 Å². The highest BCUT2D eigenvalue weighted by atomic mass is 16.6. The molecular formula is C22H24N4O4. The minimum atomic E-state index is -0.461. The van der Waals surface area contributed by atoms with E-state index < -0.39 is 4.92 Å². The number of likely N-dealkylation sites (N-methyl/N-ethyl adjacent to an activating group) is 1. The normalized spacial score (nSPS) is 11.7. The number of methoxy groups -OCH3 is 1. The van der Waals surface area contributed by atoms with Gasteiger partial charge in [-0.25, -0.2) is 4.98 Å². The largest absolute Gasteiger partial charge is 0.496 e. The van der Waals surface area contributed by atoms with Crippen LogP contribution in [0.5, 0.6) is 5.75 Å². The smallest absolute Gasteiger partial charge is 0.293 e. The number of ketones is 1. The van der Waals surface area contributed by atoms with Gasteiger partial charge in [0, 0.05) is 44.2 Å². The Kier molecular flexibility index (Phi) is 6.15. The van der Waals surface area contributed by atoms with Crippen molar-refractivity contribution in [2.24, 2.45) is 7.05 Å². The van der Waals surface area contributed by atoms with E-state index in [9.17, 15) is 14.9 Å². The summed E-state index contributed by atoms with van der Waals surface area (Å²) in [6, 6.07) is 12.2. The minimum absolute atomic E-state index is 0.0453. The van der Waals surface area contributed by atoms with Gasteiger partial charge in [-0.3, -0.25) is 14.9 Å². The van der Waals surface area contributed by atoms with Crippen LogP contribution in [0.3, 0.4) is 0 Å². The van der Waals surface area contributed by atoms with Crippen molar-refractivity contribution in [2.75, 3.05) is 19.1 Å². The number of nitro benzene ring substituents is 1. The number of carbonyl (C=O) groups excluding carboxylic acids is 1. The molecule has 1 unspecified atom stereocenters. The van der Waals surface area contributed by atoms with Crippen molar-refractivity contribution in [2.45, 2.75) is 19.4 Å². The summed E-state index contributed by atoms with van der Waals surface area (Å²) in [5.74, 6) is 0.653. The lowest BCUT2D eigenvalue weighted by atomic mass is 10.0. The van der Waals surface area contributed by atoms with Crippen LogP contribution in [0.15, 0.2) is 54.9 Å². The number of hydrogen-bond donors (Lipinski definition) is 0. The first-order chi connectivity index (χ1) is 14.3. The number of nitro groups is 1. The van der Waals surface area contributed by atoms with Crippen molar-refractivity contribution in [1.29, 1.82) is 0 Å². The zero-order chi connectivity index (χ0) is 21.8. The molecule has 2 aromatic carbocycles. The first kappa shape index (κ1) is 21.0. The Morgan fingerprint density at radius 3 is 2.67 bits per heavy atom. The van der Waals surface area contributed by atoms with Crippen LogP contribution >= 0.6 is 0 Å². The molecule has 3 aromatic rings. The molecule has 0 aliphatic carbocycles. The van der Waals surface area contributed by atoms with E-state index in [0.29, 0.717) is 12.1 Å². The molecule has 0 amide bonds. The molecule has 0 saturated carbocycles. The van der Waals surface area contributed by atoms with E-state index in [4.69, 9.17) is 4.74 Å². The second-order valence-corrected chi connectivity index (χ2v) is 7.13. The molecule has 0 aliphatic heterocycles. The lowest BCUT2D eigenvalue weighted by Gasteiger charge is -2.27. The molecule has 0 saturated heterocycles. The fourth-order valence-electron chi connectivity index (χ4n) is 3.39. The molecule has 156 valence electrons. The minimum Gasteiger partial charge on any atom is -0.496 e. The van der Waals surface area contributed by atoms with E-state index >= 15 is 0 Å². The van der Waals surface area contributed by atoms with Gasteiger partial charge in [0.25, 0.3) is 5.69 Å². The van der Waals surface area contributed by atoms with E-state index in [1.165, 1.54) is 12.3 Å². The van der Waals surface area contributed by atoms with E-state index in [-0.39, 0.29) is 28.9 Å². The Morgan fingerprint density at radius 2 is 2.03 bits per heavy atom. The zero-order valence-corrected chi connectivity index (χ0v) is 17.4. The number of imidazole rings is 1. The summed E-state index contributed by atoms with van der Waals surface area (Å²) in [6.07, 6.45) is 3.82. The molecule has 1 atom stereocenters. The Hall–Kier alpha value is -3.68. The SMILES string of the molecule is COc1ccccc1CC(C)N(C)c1ccc(C(=O)c2nccn2C)cc1[N+](=O)[O-]. The number of carbonyl (C=O) groups is 1. The van der Waals surface area contributed by atoms with Crippen molar-refractivity contribution in [3.8, 4) is 5.75 Å². The van der Waals surface area contributed by atoms with E-state index in [0.717, 1.165) is 11.3 Å². The standard InChI is InChI=1S/C22H24N4O4/c1-15(13-16-7-5-6-8-20(16)30-4)25(3)18-10-9-17(14-19(18)26(28)29)21(27)22-23-11-12-24(22)2/h5-12,14-15H,13H2,1-4H3. The first-order valence-electron chi connectivity index (χ1n) is 9.48. The molecule has 0 N–H and O–H groups in total. The number of nitrogens with zero attached hydrogens (tertiary/aromatic N) is 4. The van der Waals surface area contributed by atoms with Crippen molar-refractivity contribution in [3.05, 3.63) is 81.9 Å². The average Bonchev–Trinajstić information content (AvgIpc) is 3.18. The van der Waals surface area contributed by atoms with Crippen molar-refractivity contribution < 1.29 is 14.5 Å². The van der Waals surface area contributed by atoms with Gasteiger partial charge in [0.2, 0.25) is 5.78 Å². The van der Waals surface area contributed by atoms with Gasteiger partial charge in [-0.2, -0.15) is 0 Å². The molecule has 0 fully saturated rings. The number of aryl methyl sites for hydroxylation is 1. The number of aromatic nitrogens is 2. The Bertz CT molecular complexity index is 1080. The monoisotopic (exact) mass is 408 g/mol. The molecule has 30 heavy (non-hydrogen) atoms. The van der Waals surface area contributed by atoms with Crippen LogP contribution in [0.25, 0.3) is 0 Å². The van der Waals surface area contributed by atoms with Crippen LogP contribution in [0.2, 0.25) is 0 Å². The predicted octanol–water partition coefficient (Wildman–Crippen LogP) is 3.64. The highest BCUT2D eigenvalue weighted by Gasteiger charge is 2.24. The second-order valence-electron chi connectivity index (χ2n) is 7.13. The maximum absolute atomic E-state index is 12.7. The van der Waals surface area contributed by atoms with Crippen LogP contribution in [-0.2, 0) is 13.5 Å². The fraction of sp³-hybridized carbons (Fsp3) is 0.273. The van der Waals surface area contributed by atoms with Crippen LogP contribution < -0.4 is 9.64 Å². The summed E-state index contributed by atoms with van der Waals surface area (Å²) < 4.78 is 7.00. The summed E-state index contributed by atoms with van der Waals surface area (Å²) in [5, 5.41) is 11.8. The van der Waals surface area contributed by atoms with Gasteiger partial charge in [0.1, 0.15) is 11.4 Å². The molecule has 0 spiro atoms. The second kappa shape index (κ2) is 8.77. The highest BCUT2D eigenvalue weighted by Crippen LogP contribution is 2.31. The maximum Gasteiger partial charge on any atom is 0.293 e. The number of benzene rings is 2. The van der Waals surface area contributed by atoms with Crippen molar-refractivity contribution in [3.63, 3.8) is 0 Å². The van der Waals surface area contributed by atoms with Gasteiger partial charge in [-0.15, -0.1) is 0 Å². The summed E-state index contributed by atoms with van der Waals surface area (Å²) in [6.45, 7) is 1.99. The third-order valence-electron chi connectivity index (χ3n) is 5.21. The van der Waals surface area contributed by atoms with Gasteiger partial charge >= 0.3 is 0 Å². The Balaban J connectivity index is 1.90. The van der Waals surface area contributed by atoms with Crippen molar-refractivity contribution >= 4 is 17.2 Å². The first-order valence-corrected chi connectivity index (χ1v) is 9.48. The molecule has 8 nitrogen and oxygen atoms in total. The molecule has 3 rings (SSSR count). The lowest BCUT2D eigenvalue weighted by molar-refractivity contribution is -0.384. The quantitative estimate of drug-likeness (QED) is 0.321. The molecule has 0 aliphatic rings. The maximum atomic E-state index is 12.7. The van der Waals surface area contributed by atoms with Gasteiger partial charge in [-0.05, 0) is 37.1 Å². The van der Waals surface area contributed by atoms with Gasteiger partial charge in [-0.1, -0.05) is 18.2 Å². The van der Waals surface area contributed by atoms with Gasteiger partial charge < -0.3 is 14.2 Å². The highest BCUT2D eigenvalue weighted by molar-refractivity contribution is 6.07. The summed E-state index contributed by atoms with van der Waals surface area (Å²) in [7, 11) is 5.13. The summed E-state index contributed by atoms with van der Waals surface area (Å²) in [5.41, 5.74) is 1.57. The van der Waals surface area contributed by atoms with Crippen LogP contribution in [0.4, 0.5) is 11.4 Å². The summed E-state index contributed by atoms with van der Waals surface area (Å²) >= 11 is 0. The molecule has 0 bridgehead atoms. The number of rotatable bonds is 8. The molecule has 8 heteroatoms. The third kappa shape index (κ3) is 4.17. The Morgan fingerprint density at radius 1 is 1.30 bits per heavy atom. The molecule has 1 aromatic heterocycles. The molecule has 1 heterocycles. The third-order valence-corrected chi connectivity index (χ3v) is 5.21. The Labute approximate surface area is 174 Å². The average molecular weight is 408 g/mol. The number of para-hydroxylation sites is 1. The lowest BCUT2D eigenvalue weighted by Crippen LogP contribution is -2.31. The molecule has 0 radical (unpaired) electrons. The number of anilines is 1. The number of hydrogen-bond acceptors (Lipinski definition) is 6. The van der Waals surface area contributed by atoms with Crippen molar-refractivity contribution in [1.82, 2.24) is 9.55 Å². The van der Waals surface area contributed by atoms with E-state index in [2.05, 4.69) is 4.98 Å². The number of ether oxygens (including phenoxy) is 1. The fourth-order valence-corrected chi connectivity index (χ4v) is 3.39. The van der Waals surface area contributed by atoms with Crippen LogP contribution in [0.1, 0.15) is 28.7 Å². The van der Waals surface area contributed by atoms with E-state index in [1.807, 2.05) is 43.1 Å². The van der Waals surface area contributed by atoms with E-state index in [1.54, 1.807) is 37.1 Å². The van der Waals surface area contributed by atoms with Gasteiger partial charge in [0.05, 0.1) is 12.0 Å². The molecular weight excluding hydrogens is 384 g/mol. The summed E-state index contributed by atoms with van der Waals surface area (Å²) in [4.78, 5) is 29.9. The van der Waals surface area contributed by atoms with Crippen LogP contribution in [0, 0.1) is 10.1 Å². The zero-order valence-electron chi connectivity index (χ0n) is 17.4.